The van der Waals surface area contributed by atoms with E-state index in [1.54, 1.807) is 0 Å². The topological polar surface area (TPSA) is 20.2 Å². The zero-order valence-electron chi connectivity index (χ0n) is 9.57. The minimum Gasteiger partial charge on any atom is -0.400 e. The summed E-state index contributed by atoms with van der Waals surface area (Å²) in [6.07, 6.45) is 3.89. The Labute approximate surface area is 81.2 Å². The maximum Gasteiger partial charge on any atom is 0.0319 e. The van der Waals surface area contributed by atoms with Gasteiger partial charge in [-0.3, -0.25) is 0 Å². The van der Waals surface area contributed by atoms with E-state index in [4.69, 9.17) is 5.11 Å². The first-order valence-corrected chi connectivity index (χ1v) is 4.78. The van der Waals surface area contributed by atoms with Crippen LogP contribution in [0.1, 0.15) is 68.2 Å². The lowest BCUT2D eigenvalue weighted by atomic mass is 10.4. The van der Waals surface area contributed by atoms with Crippen molar-refractivity contribution in [1.82, 2.24) is 0 Å². The summed E-state index contributed by atoms with van der Waals surface area (Å²) in [5.41, 5.74) is 0. The van der Waals surface area contributed by atoms with E-state index in [9.17, 15) is 0 Å². The molecule has 0 aliphatic heterocycles. The van der Waals surface area contributed by atoms with Crippen LogP contribution in [0.15, 0.2) is 0 Å². The molecule has 0 aliphatic carbocycles. The van der Waals surface area contributed by atoms with E-state index in [2.05, 4.69) is 27.7 Å². The van der Waals surface area contributed by atoms with Crippen molar-refractivity contribution in [1.29, 1.82) is 0 Å². The lowest BCUT2D eigenvalue weighted by molar-refractivity contribution is 0.399. The molecule has 0 heterocycles. The maximum absolute atomic E-state index is 7.00. The molecule has 82 valence electrons. The molecule has 1 nitrogen and oxygen atoms in total. The fourth-order valence-electron chi connectivity index (χ4n) is 0. The molecule has 0 fully saturated rings. The van der Waals surface area contributed by atoms with Crippen LogP contribution < -0.4 is 0 Å². The van der Waals surface area contributed by atoms with Gasteiger partial charge in [0.2, 0.25) is 0 Å². The van der Waals surface area contributed by atoms with Crippen molar-refractivity contribution in [2.24, 2.45) is 0 Å². The lowest BCUT2D eigenvalue weighted by Gasteiger charge is -1.68. The highest BCUT2D eigenvalue weighted by atomic mass is 16.2. The van der Waals surface area contributed by atoms with Gasteiger partial charge in [-0.15, -0.1) is 0 Å². The molecule has 0 unspecified atom stereocenters. The van der Waals surface area contributed by atoms with Crippen molar-refractivity contribution in [3.05, 3.63) is 0 Å². The van der Waals surface area contributed by atoms with E-state index in [1.807, 2.05) is 13.8 Å². The molecule has 0 aromatic heterocycles. The Morgan fingerprint density at radius 1 is 0.750 bits per heavy atom. The molecule has 0 bridgehead atoms. The summed E-state index contributed by atoms with van der Waals surface area (Å²) in [5.74, 6) is 0. The quantitative estimate of drug-likeness (QED) is 0.630. The van der Waals surface area contributed by atoms with E-state index in [1.165, 1.54) is 19.3 Å². The van der Waals surface area contributed by atoms with Gasteiger partial charge in [-0.1, -0.05) is 68.2 Å². The predicted octanol–water partition coefficient (Wildman–Crippen LogP) is 4.49. The molecule has 0 aliphatic rings. The molecule has 0 rings (SSSR count). The van der Waals surface area contributed by atoms with Gasteiger partial charge in [0, 0.05) is 7.11 Å². The third kappa shape index (κ3) is 868. The Balaban J connectivity index is -0.0000000186. The van der Waals surface area contributed by atoms with Gasteiger partial charge >= 0.3 is 0 Å². The molecular weight excluding hydrogens is 148 g/mol. The van der Waals surface area contributed by atoms with Gasteiger partial charge in [-0.05, 0) is 0 Å². The van der Waals surface area contributed by atoms with Crippen LogP contribution in [0.4, 0.5) is 0 Å². The standard InChI is InChI=1S/C4H10.C3H8.C2H6.CH4O.CH4/c1-3-4-2;1-3-2;2*1-2;/h3-4H2,1-2H3;3H2,1-2H3;1-2H3;2H,1H3;1H4. The SMILES string of the molecule is C.CC.CCC.CCCC.CO. The first-order valence-electron chi connectivity index (χ1n) is 4.78. The van der Waals surface area contributed by atoms with Crippen LogP contribution in [0.5, 0.6) is 0 Å². The minimum absolute atomic E-state index is 0. The first kappa shape index (κ1) is 29.7. The number of rotatable bonds is 1. The van der Waals surface area contributed by atoms with Crippen molar-refractivity contribution in [2.45, 2.75) is 68.2 Å². The molecule has 0 radical (unpaired) electrons. The van der Waals surface area contributed by atoms with Crippen molar-refractivity contribution >= 4 is 0 Å². The fraction of sp³-hybridized carbons (Fsp3) is 1.00. The molecule has 0 saturated carbocycles. The second-order valence-corrected chi connectivity index (χ2v) is 1.71. The Bertz CT molecular complexity index is 12.5. The summed E-state index contributed by atoms with van der Waals surface area (Å²) in [7, 11) is 1.00. The summed E-state index contributed by atoms with van der Waals surface area (Å²) in [4.78, 5) is 0. The van der Waals surface area contributed by atoms with Gasteiger partial charge in [0.05, 0.1) is 0 Å². The van der Waals surface area contributed by atoms with E-state index >= 15 is 0 Å². The van der Waals surface area contributed by atoms with Crippen molar-refractivity contribution in [3.8, 4) is 0 Å². The minimum atomic E-state index is 0. The summed E-state index contributed by atoms with van der Waals surface area (Å²) >= 11 is 0. The maximum atomic E-state index is 7.00. The van der Waals surface area contributed by atoms with E-state index in [-0.39, 0.29) is 7.43 Å². The molecule has 1 heteroatoms. The lowest BCUT2D eigenvalue weighted by Crippen LogP contribution is -1.47. The van der Waals surface area contributed by atoms with Crippen LogP contribution >= 0.6 is 0 Å². The predicted molar refractivity (Wildman–Crippen MR) is 62.8 cm³/mol. The normalized spacial score (nSPS) is 5.00. The molecule has 12 heavy (non-hydrogen) atoms. The highest BCUT2D eigenvalue weighted by molar-refractivity contribution is 4.12. The van der Waals surface area contributed by atoms with Gasteiger partial charge in [-0.2, -0.15) is 0 Å². The van der Waals surface area contributed by atoms with Crippen LogP contribution in [0.3, 0.4) is 0 Å². The van der Waals surface area contributed by atoms with Crippen molar-refractivity contribution in [2.75, 3.05) is 7.11 Å². The first-order chi connectivity index (χ1) is 5.33. The average molecular weight is 180 g/mol. The average Bonchev–Trinajstić information content (AvgIpc) is 2.12. The molecule has 0 saturated heterocycles. The molecule has 0 atom stereocenters. The number of aliphatic hydroxyl groups excluding tert-OH is 1. The van der Waals surface area contributed by atoms with Crippen molar-refractivity contribution in [3.63, 3.8) is 0 Å². The van der Waals surface area contributed by atoms with Gasteiger partial charge in [-0.25, -0.2) is 0 Å². The van der Waals surface area contributed by atoms with Crippen LogP contribution in [0.25, 0.3) is 0 Å². The van der Waals surface area contributed by atoms with Gasteiger partial charge in [0.15, 0.2) is 0 Å². The van der Waals surface area contributed by atoms with E-state index in [0.717, 1.165) is 7.11 Å². The number of hydrogen-bond acceptors (Lipinski definition) is 1. The van der Waals surface area contributed by atoms with Gasteiger partial charge in [0.1, 0.15) is 0 Å². The molecule has 0 spiro atoms. The molecule has 1 N–H and O–H groups in total. The van der Waals surface area contributed by atoms with Crippen LogP contribution in [-0.4, -0.2) is 12.2 Å². The number of unbranched alkanes of at least 4 members (excludes halogenated alkanes) is 1. The van der Waals surface area contributed by atoms with Crippen molar-refractivity contribution < 1.29 is 5.11 Å². The van der Waals surface area contributed by atoms with Crippen LogP contribution in [0, 0.1) is 0 Å². The third-order valence-electron chi connectivity index (χ3n) is 0.500. The van der Waals surface area contributed by atoms with Gasteiger partial charge < -0.3 is 5.11 Å². The molecule has 0 aromatic carbocycles. The van der Waals surface area contributed by atoms with Crippen LogP contribution in [0.2, 0.25) is 0 Å². The summed E-state index contributed by atoms with van der Waals surface area (Å²) in [6, 6.07) is 0. The number of aliphatic hydroxyl groups is 1. The third-order valence-corrected chi connectivity index (χ3v) is 0.500. The second-order valence-electron chi connectivity index (χ2n) is 1.71. The fourth-order valence-corrected chi connectivity index (χ4v) is 0. The van der Waals surface area contributed by atoms with E-state index in [0.29, 0.717) is 0 Å². The van der Waals surface area contributed by atoms with E-state index < -0.39 is 0 Å². The van der Waals surface area contributed by atoms with Crippen LogP contribution in [-0.2, 0) is 0 Å². The molecule has 0 amide bonds. The van der Waals surface area contributed by atoms with Gasteiger partial charge in [0.25, 0.3) is 0 Å². The zero-order chi connectivity index (χ0) is 10.1. The smallest absolute Gasteiger partial charge is 0.0319 e. The summed E-state index contributed by atoms with van der Waals surface area (Å²) in [6.45, 7) is 12.6. The Hall–Kier alpha value is -0.0400. The second kappa shape index (κ2) is 124. The Morgan fingerprint density at radius 3 is 0.833 bits per heavy atom. The largest absolute Gasteiger partial charge is 0.400 e. The monoisotopic (exact) mass is 180 g/mol. The zero-order valence-corrected chi connectivity index (χ0v) is 9.57. The summed E-state index contributed by atoms with van der Waals surface area (Å²) in [5, 5.41) is 7.00. The highest BCUT2D eigenvalue weighted by Gasteiger charge is 1.56. The Morgan fingerprint density at radius 2 is 0.833 bits per heavy atom. The number of hydrogen-bond donors (Lipinski definition) is 1. The Kier molecular flexibility index (Phi) is 307. The summed E-state index contributed by atoms with van der Waals surface area (Å²) < 4.78 is 0. The molecular formula is C11H32O. The highest BCUT2D eigenvalue weighted by Crippen LogP contribution is 1.76. The molecule has 0 aromatic rings.